The molecule has 0 spiro atoms. The van der Waals surface area contributed by atoms with Crippen molar-refractivity contribution in [3.05, 3.63) is 0 Å². The minimum absolute atomic E-state index is 0.179. The third kappa shape index (κ3) is 5.10. The Morgan fingerprint density at radius 1 is 1.78 bits per heavy atom. The highest BCUT2D eigenvalue weighted by atomic mass is 16.1. The number of hydrogen-bond acceptors (Lipinski definition) is 1. The second-order valence-electron chi connectivity index (χ2n) is 2.21. The van der Waals surface area contributed by atoms with Gasteiger partial charge < -0.3 is 4.79 Å². The van der Waals surface area contributed by atoms with Crippen molar-refractivity contribution in [2.75, 3.05) is 0 Å². The number of aldehydes is 1. The third-order valence-electron chi connectivity index (χ3n) is 1.21. The van der Waals surface area contributed by atoms with Crippen LogP contribution in [0.2, 0.25) is 0 Å². The number of hydrogen-bond donors (Lipinski definition) is 0. The maximum Gasteiger partial charge on any atom is 0.122 e. The Kier molecular flexibility index (Phi) is 4.91. The Morgan fingerprint density at radius 3 is 2.89 bits per heavy atom. The van der Waals surface area contributed by atoms with Crippen molar-refractivity contribution >= 4 is 6.29 Å². The van der Waals surface area contributed by atoms with Crippen molar-refractivity contribution in [3.8, 4) is 12.3 Å². The molecule has 9 heavy (non-hydrogen) atoms. The molecule has 0 heterocycles. The molecule has 0 aromatic heterocycles. The zero-order chi connectivity index (χ0) is 7.11. The first-order valence-electron chi connectivity index (χ1n) is 3.20. The molecule has 0 aromatic carbocycles. The number of rotatable bonds is 4. The van der Waals surface area contributed by atoms with Crippen LogP contribution in [0.25, 0.3) is 0 Å². The Hall–Kier alpha value is -0.770. The Morgan fingerprint density at radius 2 is 2.44 bits per heavy atom. The second-order valence-corrected chi connectivity index (χ2v) is 2.21. The summed E-state index contributed by atoms with van der Waals surface area (Å²) < 4.78 is 0. The first kappa shape index (κ1) is 8.23. The van der Waals surface area contributed by atoms with Crippen LogP contribution in [-0.2, 0) is 4.79 Å². The van der Waals surface area contributed by atoms with E-state index in [-0.39, 0.29) is 5.92 Å². The highest BCUT2D eigenvalue weighted by Crippen LogP contribution is 2.03. The molecule has 0 aliphatic carbocycles. The van der Waals surface area contributed by atoms with Gasteiger partial charge in [-0.2, -0.15) is 0 Å². The van der Waals surface area contributed by atoms with E-state index in [2.05, 4.69) is 5.92 Å². The van der Waals surface area contributed by atoms with Gasteiger partial charge in [-0.05, 0) is 12.8 Å². The van der Waals surface area contributed by atoms with Gasteiger partial charge >= 0.3 is 0 Å². The summed E-state index contributed by atoms with van der Waals surface area (Å²) in [6.07, 6.45) is 8.67. The van der Waals surface area contributed by atoms with Gasteiger partial charge in [-0.3, -0.25) is 0 Å². The molecule has 0 radical (unpaired) electrons. The molecule has 0 aliphatic heterocycles. The average Bonchev–Trinajstić information content (AvgIpc) is 1.89. The van der Waals surface area contributed by atoms with E-state index in [1.165, 1.54) is 0 Å². The van der Waals surface area contributed by atoms with E-state index in [1.807, 2.05) is 6.92 Å². The Labute approximate surface area is 56.5 Å². The fraction of sp³-hybridized carbons (Fsp3) is 0.625. The lowest BCUT2D eigenvalue weighted by atomic mass is 10.1. The van der Waals surface area contributed by atoms with Gasteiger partial charge in [0.25, 0.3) is 0 Å². The van der Waals surface area contributed by atoms with E-state index in [1.54, 1.807) is 0 Å². The summed E-state index contributed by atoms with van der Waals surface area (Å²) in [5, 5.41) is 0. The molecule has 1 heteroatoms. The van der Waals surface area contributed by atoms with Crippen LogP contribution in [0.15, 0.2) is 0 Å². The molecular weight excluding hydrogens is 112 g/mol. The average molecular weight is 124 g/mol. The van der Waals surface area contributed by atoms with Crippen LogP contribution in [-0.4, -0.2) is 6.29 Å². The van der Waals surface area contributed by atoms with Crippen LogP contribution >= 0.6 is 0 Å². The van der Waals surface area contributed by atoms with Crippen LogP contribution in [0, 0.1) is 18.3 Å². The van der Waals surface area contributed by atoms with Gasteiger partial charge in [0.05, 0.1) is 0 Å². The number of carbonyl (C=O) groups is 1. The fourth-order valence-electron chi connectivity index (χ4n) is 0.594. The summed E-state index contributed by atoms with van der Waals surface area (Å²) in [7, 11) is 0. The van der Waals surface area contributed by atoms with Crippen molar-refractivity contribution in [3.63, 3.8) is 0 Å². The normalized spacial score (nSPS) is 12.0. The molecule has 0 fully saturated rings. The lowest BCUT2D eigenvalue weighted by Gasteiger charge is -1.97. The highest BCUT2D eigenvalue weighted by molar-refractivity contribution is 5.52. The molecular formula is C8H12O. The van der Waals surface area contributed by atoms with Gasteiger partial charge in [-0.15, -0.1) is 12.3 Å². The maximum atomic E-state index is 10.0. The summed E-state index contributed by atoms with van der Waals surface area (Å²) in [5.74, 6) is 2.71. The lowest BCUT2D eigenvalue weighted by Crippen LogP contribution is -1.93. The molecule has 50 valence electrons. The highest BCUT2D eigenvalue weighted by Gasteiger charge is 1.96. The molecule has 0 saturated carbocycles. The topological polar surface area (TPSA) is 17.1 Å². The SMILES string of the molecule is C#CCCC[C@@H](C)C=O. The monoisotopic (exact) mass is 124 g/mol. The molecule has 1 nitrogen and oxygen atoms in total. The summed E-state index contributed by atoms with van der Waals surface area (Å²) in [6, 6.07) is 0. The second kappa shape index (κ2) is 5.37. The van der Waals surface area contributed by atoms with Gasteiger partial charge in [-0.1, -0.05) is 6.92 Å². The minimum atomic E-state index is 0.179. The van der Waals surface area contributed by atoms with Crippen molar-refractivity contribution in [1.29, 1.82) is 0 Å². The third-order valence-corrected chi connectivity index (χ3v) is 1.21. The molecule has 0 aromatic rings. The van der Waals surface area contributed by atoms with Crippen LogP contribution < -0.4 is 0 Å². The van der Waals surface area contributed by atoms with E-state index in [0.717, 1.165) is 25.5 Å². The molecule has 0 unspecified atom stereocenters. The van der Waals surface area contributed by atoms with Gasteiger partial charge in [0.1, 0.15) is 6.29 Å². The molecule has 0 rings (SSSR count). The first-order chi connectivity index (χ1) is 4.31. The van der Waals surface area contributed by atoms with Gasteiger partial charge in [-0.25, -0.2) is 0 Å². The summed E-state index contributed by atoms with van der Waals surface area (Å²) in [4.78, 5) is 10.0. The van der Waals surface area contributed by atoms with E-state index in [4.69, 9.17) is 6.42 Å². The molecule has 0 bridgehead atoms. The van der Waals surface area contributed by atoms with Gasteiger partial charge in [0.15, 0.2) is 0 Å². The van der Waals surface area contributed by atoms with Crippen LogP contribution in [0.4, 0.5) is 0 Å². The summed E-state index contributed by atoms with van der Waals surface area (Å²) in [5.41, 5.74) is 0. The molecule has 0 aliphatic rings. The van der Waals surface area contributed by atoms with Gasteiger partial charge in [0, 0.05) is 12.3 Å². The van der Waals surface area contributed by atoms with Crippen LogP contribution in [0.3, 0.4) is 0 Å². The Balaban J connectivity index is 3.08. The van der Waals surface area contributed by atoms with Gasteiger partial charge in [0.2, 0.25) is 0 Å². The van der Waals surface area contributed by atoms with E-state index < -0.39 is 0 Å². The van der Waals surface area contributed by atoms with Crippen LogP contribution in [0.5, 0.6) is 0 Å². The first-order valence-corrected chi connectivity index (χ1v) is 3.20. The van der Waals surface area contributed by atoms with Crippen molar-refractivity contribution in [1.82, 2.24) is 0 Å². The van der Waals surface area contributed by atoms with Crippen molar-refractivity contribution in [2.45, 2.75) is 26.2 Å². The predicted octanol–water partition coefficient (Wildman–Crippen LogP) is 1.62. The van der Waals surface area contributed by atoms with E-state index in [0.29, 0.717) is 0 Å². The molecule has 0 amide bonds. The zero-order valence-electron chi connectivity index (χ0n) is 5.76. The van der Waals surface area contributed by atoms with Crippen molar-refractivity contribution in [2.24, 2.45) is 5.92 Å². The largest absolute Gasteiger partial charge is 0.303 e. The summed E-state index contributed by atoms with van der Waals surface area (Å²) >= 11 is 0. The number of carbonyl (C=O) groups excluding carboxylic acids is 1. The van der Waals surface area contributed by atoms with Crippen molar-refractivity contribution < 1.29 is 4.79 Å². The number of terminal acetylenes is 1. The zero-order valence-corrected chi connectivity index (χ0v) is 5.76. The maximum absolute atomic E-state index is 10.0. The molecule has 0 N–H and O–H groups in total. The minimum Gasteiger partial charge on any atom is -0.303 e. The summed E-state index contributed by atoms with van der Waals surface area (Å²) in [6.45, 7) is 1.91. The number of unbranched alkanes of at least 4 members (excludes halogenated alkanes) is 1. The smallest absolute Gasteiger partial charge is 0.122 e. The Bertz CT molecular complexity index is 110. The standard InChI is InChI=1S/C8H12O/c1-3-4-5-6-8(2)7-9/h1,7-8H,4-6H2,2H3/t8-/m1/s1. The predicted molar refractivity (Wildman–Crippen MR) is 37.9 cm³/mol. The quantitative estimate of drug-likeness (QED) is 0.316. The fourth-order valence-corrected chi connectivity index (χ4v) is 0.594. The van der Waals surface area contributed by atoms with E-state index in [9.17, 15) is 4.79 Å². The van der Waals surface area contributed by atoms with E-state index >= 15 is 0 Å². The lowest BCUT2D eigenvalue weighted by molar-refractivity contribution is -0.110. The van der Waals surface area contributed by atoms with Crippen LogP contribution in [0.1, 0.15) is 26.2 Å². The molecule has 1 atom stereocenters. The molecule has 0 saturated heterocycles.